The van der Waals surface area contributed by atoms with Crippen molar-refractivity contribution in [1.29, 1.82) is 0 Å². The smallest absolute Gasteiger partial charge is 0.376 e. The predicted molar refractivity (Wildman–Crippen MR) is 125 cm³/mol. The van der Waals surface area contributed by atoms with Crippen molar-refractivity contribution >= 4 is 17.9 Å². The van der Waals surface area contributed by atoms with Crippen LogP contribution in [0.4, 0.5) is 0 Å². The van der Waals surface area contributed by atoms with Crippen molar-refractivity contribution in [3.05, 3.63) is 37.1 Å². The Balaban J connectivity index is 2.35. The topological polar surface area (TPSA) is 289 Å². The van der Waals surface area contributed by atoms with E-state index >= 15 is 0 Å². The fourth-order valence-electron chi connectivity index (χ4n) is 3.97. The summed E-state index contributed by atoms with van der Waals surface area (Å²) in [6.45, 7) is 7.57. The van der Waals surface area contributed by atoms with Gasteiger partial charge in [0.25, 0.3) is 0 Å². The molecule has 0 bridgehead atoms. The van der Waals surface area contributed by atoms with Crippen molar-refractivity contribution in [3.63, 3.8) is 0 Å². The molecule has 2 rings (SSSR count). The highest BCUT2D eigenvalue weighted by Gasteiger charge is 2.70. The number of carbonyl (C=O) groups is 3. The van der Waals surface area contributed by atoms with Crippen LogP contribution in [0.5, 0.6) is 0 Å². The highest BCUT2D eigenvalue weighted by molar-refractivity contribution is 5.95. The number of esters is 3. The maximum absolute atomic E-state index is 12.8. The summed E-state index contributed by atoms with van der Waals surface area (Å²) in [6.07, 6.45) is -12.0. The molecule has 10 atom stereocenters. The molecule has 9 N–H and O–H groups in total. The minimum atomic E-state index is -3.54. The Hall–Kier alpha value is -2.85. The van der Waals surface area contributed by atoms with Crippen LogP contribution in [0.15, 0.2) is 37.1 Å². The first-order valence-electron chi connectivity index (χ1n) is 11.5. The van der Waals surface area contributed by atoms with E-state index in [1.165, 1.54) is 0 Å². The number of hydrogen-bond donors (Lipinski definition) is 9. The fraction of sp³-hybridized carbons (Fsp3) is 0.609. The maximum atomic E-state index is 12.8. The Morgan fingerprint density at radius 1 is 0.927 bits per heavy atom. The molecule has 0 radical (unpaired) electrons. The van der Waals surface area contributed by atoms with Crippen molar-refractivity contribution in [2.75, 3.05) is 20.3 Å². The lowest BCUT2D eigenvalue weighted by atomic mass is 9.78. The fourth-order valence-corrected chi connectivity index (χ4v) is 3.97. The van der Waals surface area contributed by atoms with Gasteiger partial charge in [-0.15, -0.1) is 0 Å². The van der Waals surface area contributed by atoms with Gasteiger partial charge in [0.05, 0.1) is 12.2 Å². The van der Waals surface area contributed by atoms with Gasteiger partial charge in [-0.2, -0.15) is 0 Å². The quantitative estimate of drug-likeness (QED) is 0.0373. The monoisotopic (exact) mass is 596 g/mol. The van der Waals surface area contributed by atoms with E-state index in [-0.39, 0.29) is 0 Å². The van der Waals surface area contributed by atoms with Gasteiger partial charge in [0.15, 0.2) is 12.4 Å². The second kappa shape index (κ2) is 12.2. The van der Waals surface area contributed by atoms with E-state index in [0.717, 1.165) is 14.0 Å². The average molecular weight is 596 g/mol. The van der Waals surface area contributed by atoms with Crippen molar-refractivity contribution in [1.82, 2.24) is 0 Å². The molecule has 2 unspecified atom stereocenters. The normalized spacial score (nSPS) is 40.7. The van der Waals surface area contributed by atoms with E-state index in [2.05, 4.69) is 29.2 Å². The Labute approximate surface area is 231 Å². The molecule has 18 heteroatoms. The van der Waals surface area contributed by atoms with Gasteiger partial charge < -0.3 is 74.4 Å². The molecule has 41 heavy (non-hydrogen) atoms. The van der Waals surface area contributed by atoms with Gasteiger partial charge in [0.1, 0.15) is 36.6 Å². The van der Waals surface area contributed by atoms with Gasteiger partial charge in [0, 0.05) is 13.2 Å². The molecule has 2 heterocycles. The molecular formula is C23H32O18. The van der Waals surface area contributed by atoms with Crippen LogP contribution in [0.1, 0.15) is 6.92 Å². The van der Waals surface area contributed by atoms with E-state index in [4.69, 9.17) is 18.9 Å². The molecule has 0 aromatic carbocycles. The Morgan fingerprint density at radius 3 is 2.00 bits per heavy atom. The van der Waals surface area contributed by atoms with Gasteiger partial charge in [0.2, 0.25) is 11.5 Å². The Morgan fingerprint density at radius 2 is 1.51 bits per heavy atom. The van der Waals surface area contributed by atoms with Crippen molar-refractivity contribution in [2.24, 2.45) is 0 Å². The van der Waals surface area contributed by atoms with Crippen molar-refractivity contribution in [2.45, 2.75) is 66.7 Å². The van der Waals surface area contributed by atoms with Gasteiger partial charge in [-0.05, 0) is 13.5 Å². The molecule has 18 nitrogen and oxygen atoms in total. The second-order valence-corrected chi connectivity index (χ2v) is 9.14. The highest BCUT2D eigenvalue weighted by Crippen LogP contribution is 2.43. The highest BCUT2D eigenvalue weighted by atomic mass is 16.8. The summed E-state index contributed by atoms with van der Waals surface area (Å²) >= 11 is 0. The molecule has 0 aromatic rings. The summed E-state index contributed by atoms with van der Waals surface area (Å²) in [5.41, 5.74) is -4.02. The van der Waals surface area contributed by atoms with Crippen LogP contribution < -0.4 is 0 Å². The SMILES string of the molecule is C=CC(=O)O[C@]1(O)[C@H](O)[C@H](O)[C@@H](OC)OC1(CO)OC(=O)C(=C)OC(=O)C(=C)C1(O)O[C@H](CO)[C@@H](O)[C@H](O)[C@@]1(C)O. The first kappa shape index (κ1) is 34.4. The van der Waals surface area contributed by atoms with Crippen LogP contribution in [-0.2, 0) is 42.8 Å². The summed E-state index contributed by atoms with van der Waals surface area (Å²) in [7, 11) is 0.946. The molecule has 2 saturated heterocycles. The third-order valence-electron chi connectivity index (χ3n) is 6.54. The number of carbonyl (C=O) groups excluding carboxylic acids is 3. The van der Waals surface area contributed by atoms with Gasteiger partial charge in [-0.3, -0.25) is 0 Å². The number of aliphatic hydroxyl groups excluding tert-OH is 6. The molecular weight excluding hydrogens is 564 g/mol. The van der Waals surface area contributed by atoms with E-state index in [0.29, 0.717) is 6.08 Å². The first-order chi connectivity index (χ1) is 18.8. The number of aliphatic hydroxyl groups is 9. The van der Waals surface area contributed by atoms with Crippen molar-refractivity contribution < 1.29 is 88.8 Å². The molecule has 2 fully saturated rings. The van der Waals surface area contributed by atoms with Gasteiger partial charge in [-0.25, -0.2) is 14.4 Å². The summed E-state index contributed by atoms with van der Waals surface area (Å²) < 4.78 is 29.1. The number of hydrogen-bond acceptors (Lipinski definition) is 18. The van der Waals surface area contributed by atoms with Gasteiger partial charge in [-0.1, -0.05) is 13.2 Å². The van der Waals surface area contributed by atoms with Gasteiger partial charge >= 0.3 is 29.5 Å². The second-order valence-electron chi connectivity index (χ2n) is 9.14. The van der Waals surface area contributed by atoms with E-state index in [1.54, 1.807) is 0 Å². The minimum Gasteiger partial charge on any atom is -0.420 e. The number of methoxy groups -OCH3 is 1. The molecule has 0 amide bonds. The van der Waals surface area contributed by atoms with Crippen LogP contribution >= 0.6 is 0 Å². The largest absolute Gasteiger partial charge is 0.420 e. The molecule has 0 spiro atoms. The van der Waals surface area contributed by atoms with Crippen LogP contribution in [0.25, 0.3) is 0 Å². The summed E-state index contributed by atoms with van der Waals surface area (Å²) in [5, 5.41) is 92.7. The van der Waals surface area contributed by atoms with Crippen LogP contribution in [0, 0.1) is 0 Å². The Bertz CT molecular complexity index is 1070. The third kappa shape index (κ3) is 5.65. The molecule has 0 saturated carbocycles. The zero-order chi connectivity index (χ0) is 31.7. The summed E-state index contributed by atoms with van der Waals surface area (Å²) in [5.74, 6) is -16.4. The molecule has 2 aliphatic heterocycles. The number of ether oxygens (including phenoxy) is 6. The van der Waals surface area contributed by atoms with E-state index in [1.807, 2.05) is 0 Å². The Kier molecular flexibility index (Phi) is 10.2. The molecule has 0 aliphatic carbocycles. The van der Waals surface area contributed by atoms with Crippen LogP contribution in [0.2, 0.25) is 0 Å². The van der Waals surface area contributed by atoms with Crippen LogP contribution in [-0.4, -0.2) is 144 Å². The molecule has 232 valence electrons. The zero-order valence-electron chi connectivity index (χ0n) is 21.8. The van der Waals surface area contributed by atoms with E-state index < -0.39 is 102 Å². The standard InChI is InChI=1S/C23H32O18/c1-6-12(26)39-23(35)16(30)14(28)19(36-5)41-21(23,8-25)40-18(32)10(3)37-17(31)9(2)22(34)20(4,33)15(29)13(27)11(7-24)38-22/h6,11,13-16,19,24-25,27-30,33-35H,1-3,7-8H2,4-5H3/t11-,13-,14+,15+,16-,19+,20-,21?,22?,23-/m1/s1. The van der Waals surface area contributed by atoms with Crippen LogP contribution in [0.3, 0.4) is 0 Å². The maximum Gasteiger partial charge on any atom is 0.376 e. The zero-order valence-corrected chi connectivity index (χ0v) is 21.8. The average Bonchev–Trinajstić information content (AvgIpc) is 2.93. The van der Waals surface area contributed by atoms with E-state index in [9.17, 15) is 60.3 Å². The molecule has 0 aromatic heterocycles. The number of rotatable bonds is 10. The molecule has 2 aliphatic rings. The lowest BCUT2D eigenvalue weighted by Gasteiger charge is -2.51. The third-order valence-corrected chi connectivity index (χ3v) is 6.54. The van der Waals surface area contributed by atoms with Crippen molar-refractivity contribution in [3.8, 4) is 0 Å². The predicted octanol–water partition coefficient (Wildman–Crippen LogP) is -5.47. The lowest BCUT2D eigenvalue weighted by Crippen LogP contribution is -2.76. The summed E-state index contributed by atoms with van der Waals surface area (Å²) in [4.78, 5) is 37.4. The summed E-state index contributed by atoms with van der Waals surface area (Å²) in [6, 6.07) is 0. The minimum absolute atomic E-state index is 0.500. The lowest BCUT2D eigenvalue weighted by molar-refractivity contribution is -0.471. The first-order valence-corrected chi connectivity index (χ1v) is 11.5.